The van der Waals surface area contributed by atoms with E-state index >= 15 is 0 Å². The summed E-state index contributed by atoms with van der Waals surface area (Å²) in [5.41, 5.74) is 8.77. The maximum absolute atomic E-state index is 10.4. The van der Waals surface area contributed by atoms with E-state index in [1.807, 2.05) is 42.5 Å². The molecule has 112 valence electrons. The second-order valence-corrected chi connectivity index (χ2v) is 6.27. The van der Waals surface area contributed by atoms with E-state index in [0.717, 1.165) is 22.0 Å². The van der Waals surface area contributed by atoms with Crippen LogP contribution in [0.2, 0.25) is 5.02 Å². The molecule has 0 aliphatic heterocycles. The third-order valence-corrected chi connectivity index (χ3v) is 3.86. The molecule has 2 aromatic carbocycles. The van der Waals surface area contributed by atoms with Gasteiger partial charge in [0.15, 0.2) is 0 Å². The molecule has 0 spiro atoms. The van der Waals surface area contributed by atoms with Gasteiger partial charge in [-0.05, 0) is 37.6 Å². The number of hydrogen-bond acceptors (Lipinski definition) is 3. The van der Waals surface area contributed by atoms with Gasteiger partial charge in [0, 0.05) is 16.0 Å². The van der Waals surface area contributed by atoms with Crippen LogP contribution < -0.4 is 5.73 Å². The van der Waals surface area contributed by atoms with Crippen LogP contribution in [0.5, 0.6) is 0 Å². The van der Waals surface area contributed by atoms with Gasteiger partial charge < -0.3 is 10.8 Å². The van der Waals surface area contributed by atoms with Gasteiger partial charge in [0.1, 0.15) is 5.60 Å². The summed E-state index contributed by atoms with van der Waals surface area (Å²) in [5.74, 6) is 0. The van der Waals surface area contributed by atoms with Crippen LogP contribution in [-0.2, 0) is 5.60 Å². The number of rotatable bonds is 2. The summed E-state index contributed by atoms with van der Waals surface area (Å²) in [5, 5.41) is 11.9. The lowest BCUT2D eigenvalue weighted by Gasteiger charge is -2.22. The van der Waals surface area contributed by atoms with Crippen LogP contribution in [0.4, 0.5) is 5.69 Å². The second kappa shape index (κ2) is 5.27. The molecule has 0 fully saturated rings. The number of aromatic nitrogens is 1. The van der Waals surface area contributed by atoms with Gasteiger partial charge in [0.05, 0.1) is 16.9 Å². The molecule has 3 rings (SSSR count). The fraction of sp³-hybridized carbons (Fsp3) is 0.167. The SMILES string of the molecule is CC(C)(O)c1nc2ccc(Cl)cc2c(-c2ccccc2)c1N. The third-order valence-electron chi connectivity index (χ3n) is 3.63. The molecule has 0 saturated carbocycles. The van der Waals surface area contributed by atoms with E-state index in [1.54, 1.807) is 19.9 Å². The average Bonchev–Trinajstić information content (AvgIpc) is 2.46. The summed E-state index contributed by atoms with van der Waals surface area (Å²) in [6.45, 7) is 3.37. The van der Waals surface area contributed by atoms with Gasteiger partial charge in [-0.15, -0.1) is 0 Å². The van der Waals surface area contributed by atoms with E-state index in [-0.39, 0.29) is 0 Å². The van der Waals surface area contributed by atoms with Crippen LogP contribution >= 0.6 is 11.6 Å². The van der Waals surface area contributed by atoms with Crippen molar-refractivity contribution < 1.29 is 5.11 Å². The molecule has 0 atom stereocenters. The molecule has 0 radical (unpaired) electrons. The lowest BCUT2D eigenvalue weighted by atomic mass is 9.93. The van der Waals surface area contributed by atoms with Gasteiger partial charge in [-0.3, -0.25) is 0 Å². The molecule has 3 N–H and O–H groups in total. The first-order valence-electron chi connectivity index (χ1n) is 7.05. The first-order valence-corrected chi connectivity index (χ1v) is 7.43. The van der Waals surface area contributed by atoms with Gasteiger partial charge in [0.2, 0.25) is 0 Å². The van der Waals surface area contributed by atoms with E-state index in [4.69, 9.17) is 17.3 Å². The van der Waals surface area contributed by atoms with Crippen LogP contribution in [0.15, 0.2) is 48.5 Å². The van der Waals surface area contributed by atoms with Gasteiger partial charge in [-0.2, -0.15) is 0 Å². The van der Waals surface area contributed by atoms with Crippen molar-refractivity contribution in [1.82, 2.24) is 4.98 Å². The Morgan fingerprint density at radius 3 is 2.41 bits per heavy atom. The van der Waals surface area contributed by atoms with Crippen LogP contribution in [-0.4, -0.2) is 10.1 Å². The topological polar surface area (TPSA) is 59.1 Å². The molecule has 0 aliphatic rings. The van der Waals surface area contributed by atoms with E-state index in [1.165, 1.54) is 0 Å². The highest BCUT2D eigenvalue weighted by Gasteiger charge is 2.25. The van der Waals surface area contributed by atoms with E-state index in [0.29, 0.717) is 16.4 Å². The van der Waals surface area contributed by atoms with Crippen molar-refractivity contribution in [2.75, 3.05) is 5.73 Å². The van der Waals surface area contributed by atoms with Crippen molar-refractivity contribution in [2.24, 2.45) is 0 Å². The minimum absolute atomic E-state index is 0.473. The number of halogens is 1. The Morgan fingerprint density at radius 2 is 1.77 bits per heavy atom. The fourth-order valence-corrected chi connectivity index (χ4v) is 2.80. The average molecular weight is 313 g/mol. The van der Waals surface area contributed by atoms with Crippen molar-refractivity contribution >= 4 is 28.2 Å². The number of benzene rings is 2. The number of nitrogen functional groups attached to an aromatic ring is 1. The van der Waals surface area contributed by atoms with Crippen LogP contribution in [0.3, 0.4) is 0 Å². The number of nitrogens with zero attached hydrogens (tertiary/aromatic N) is 1. The highest BCUT2D eigenvalue weighted by molar-refractivity contribution is 6.31. The zero-order chi connectivity index (χ0) is 15.9. The number of nitrogens with two attached hydrogens (primary N) is 1. The van der Waals surface area contributed by atoms with Crippen LogP contribution in [0.1, 0.15) is 19.5 Å². The largest absolute Gasteiger partial charge is 0.397 e. The summed E-state index contributed by atoms with van der Waals surface area (Å²) < 4.78 is 0. The number of aliphatic hydroxyl groups is 1. The Balaban J connectivity index is 2.46. The molecule has 22 heavy (non-hydrogen) atoms. The van der Waals surface area contributed by atoms with Crippen molar-refractivity contribution in [3.8, 4) is 11.1 Å². The zero-order valence-corrected chi connectivity index (χ0v) is 13.2. The van der Waals surface area contributed by atoms with Crippen molar-refractivity contribution in [3.05, 3.63) is 59.2 Å². The van der Waals surface area contributed by atoms with Crippen LogP contribution in [0, 0.1) is 0 Å². The molecule has 4 heteroatoms. The number of hydrogen-bond donors (Lipinski definition) is 2. The molecule has 0 unspecified atom stereocenters. The molecule has 1 aromatic heterocycles. The van der Waals surface area contributed by atoms with Crippen molar-refractivity contribution in [3.63, 3.8) is 0 Å². The molecular formula is C18H17ClN2O. The molecule has 0 aliphatic carbocycles. The van der Waals surface area contributed by atoms with Crippen LogP contribution in [0.25, 0.3) is 22.0 Å². The van der Waals surface area contributed by atoms with E-state index in [9.17, 15) is 5.11 Å². The monoisotopic (exact) mass is 312 g/mol. The Labute approximate surface area is 134 Å². The predicted octanol–water partition coefficient (Wildman–Crippen LogP) is 4.36. The summed E-state index contributed by atoms with van der Waals surface area (Å²) >= 11 is 6.14. The highest BCUT2D eigenvalue weighted by atomic mass is 35.5. The van der Waals surface area contributed by atoms with Gasteiger partial charge >= 0.3 is 0 Å². The number of pyridine rings is 1. The maximum Gasteiger partial charge on any atom is 0.103 e. The third kappa shape index (κ3) is 2.54. The molecular weight excluding hydrogens is 296 g/mol. The Hall–Kier alpha value is -2.10. The quantitative estimate of drug-likeness (QED) is 0.739. The van der Waals surface area contributed by atoms with E-state index < -0.39 is 5.60 Å². The van der Waals surface area contributed by atoms with Gasteiger partial charge in [0.25, 0.3) is 0 Å². The Bertz CT molecular complexity index is 839. The lowest BCUT2D eigenvalue weighted by Crippen LogP contribution is -2.20. The normalized spacial score (nSPS) is 11.8. The van der Waals surface area contributed by atoms with E-state index in [2.05, 4.69) is 4.98 Å². The Kier molecular flexibility index (Phi) is 3.55. The molecule has 3 nitrogen and oxygen atoms in total. The molecule has 3 aromatic rings. The highest BCUT2D eigenvalue weighted by Crippen LogP contribution is 2.39. The van der Waals surface area contributed by atoms with Crippen molar-refractivity contribution in [2.45, 2.75) is 19.4 Å². The molecule has 0 saturated heterocycles. The summed E-state index contributed by atoms with van der Waals surface area (Å²) in [6.07, 6.45) is 0. The fourth-order valence-electron chi connectivity index (χ4n) is 2.63. The number of fused-ring (bicyclic) bond motifs is 1. The smallest absolute Gasteiger partial charge is 0.103 e. The van der Waals surface area contributed by atoms with Crippen molar-refractivity contribution in [1.29, 1.82) is 0 Å². The summed E-state index contributed by atoms with van der Waals surface area (Å²) in [7, 11) is 0. The standard InChI is InChI=1S/C18H17ClN2O/c1-18(2,22)17-16(20)15(11-6-4-3-5-7-11)13-10-12(19)8-9-14(13)21-17/h3-10,22H,20H2,1-2H3. The molecule has 1 heterocycles. The van der Waals surface area contributed by atoms with Gasteiger partial charge in [-0.1, -0.05) is 41.9 Å². The zero-order valence-electron chi connectivity index (χ0n) is 12.5. The van der Waals surface area contributed by atoms with Gasteiger partial charge in [-0.25, -0.2) is 4.98 Å². The first kappa shape index (κ1) is 14.8. The predicted molar refractivity (Wildman–Crippen MR) is 91.8 cm³/mol. The lowest BCUT2D eigenvalue weighted by molar-refractivity contribution is 0.0751. The number of anilines is 1. The second-order valence-electron chi connectivity index (χ2n) is 5.84. The minimum Gasteiger partial charge on any atom is -0.397 e. The summed E-state index contributed by atoms with van der Waals surface area (Å²) in [6, 6.07) is 15.3. The first-order chi connectivity index (χ1) is 10.4. The Morgan fingerprint density at radius 1 is 1.09 bits per heavy atom. The molecule has 0 amide bonds. The molecule has 0 bridgehead atoms. The maximum atomic E-state index is 10.4. The summed E-state index contributed by atoms with van der Waals surface area (Å²) in [4.78, 5) is 4.54. The minimum atomic E-state index is -1.12.